The number of carbonyl (C=O) groups excluding carboxylic acids is 2. The van der Waals surface area contributed by atoms with Crippen molar-refractivity contribution in [3.05, 3.63) is 29.8 Å². The van der Waals surface area contributed by atoms with E-state index in [4.69, 9.17) is 4.74 Å². The molecule has 1 aromatic carbocycles. The molecule has 3 atom stereocenters. The van der Waals surface area contributed by atoms with Crippen LogP contribution in [0, 0.1) is 11.3 Å². The van der Waals surface area contributed by atoms with E-state index in [0.717, 1.165) is 17.7 Å². The van der Waals surface area contributed by atoms with Gasteiger partial charge in [-0.2, -0.15) is 0 Å². The molecule has 19 heavy (non-hydrogen) atoms. The largest absolute Gasteiger partial charge is 0.497 e. The summed E-state index contributed by atoms with van der Waals surface area (Å²) < 4.78 is 5.15. The molecular weight excluding hydrogens is 240 g/mol. The van der Waals surface area contributed by atoms with Crippen molar-refractivity contribution in [3.8, 4) is 5.75 Å². The average molecular weight is 258 g/mol. The Kier molecular flexibility index (Phi) is 2.73. The van der Waals surface area contributed by atoms with Crippen LogP contribution in [-0.4, -0.2) is 18.7 Å². The fourth-order valence-corrected chi connectivity index (χ4v) is 3.55. The summed E-state index contributed by atoms with van der Waals surface area (Å²) in [4.78, 5) is 24.4. The third kappa shape index (κ3) is 1.71. The summed E-state index contributed by atoms with van der Waals surface area (Å²) in [5, 5.41) is 0. The molecule has 0 unspecified atom stereocenters. The van der Waals surface area contributed by atoms with Crippen molar-refractivity contribution in [2.75, 3.05) is 7.11 Å². The van der Waals surface area contributed by atoms with Gasteiger partial charge < -0.3 is 4.74 Å². The Balaban J connectivity index is 1.91. The fourth-order valence-electron chi connectivity index (χ4n) is 3.55. The minimum Gasteiger partial charge on any atom is -0.497 e. The normalized spacial score (nSPS) is 33.6. The maximum absolute atomic E-state index is 12.4. The number of fused-ring (bicyclic) bond motifs is 2. The third-order valence-electron chi connectivity index (χ3n) is 4.89. The molecule has 0 spiro atoms. The molecule has 0 heterocycles. The van der Waals surface area contributed by atoms with Gasteiger partial charge in [-0.25, -0.2) is 0 Å². The van der Waals surface area contributed by atoms with Gasteiger partial charge in [0.1, 0.15) is 17.3 Å². The molecule has 3 heteroatoms. The summed E-state index contributed by atoms with van der Waals surface area (Å²) in [5.41, 5.74) is 0.462. The smallest absolute Gasteiger partial charge is 0.150 e. The predicted octanol–water partition coefficient (Wildman–Crippen LogP) is 2.74. The molecule has 0 radical (unpaired) electrons. The maximum atomic E-state index is 12.4. The van der Waals surface area contributed by atoms with Crippen LogP contribution in [0.4, 0.5) is 0 Å². The van der Waals surface area contributed by atoms with Crippen molar-refractivity contribution in [3.63, 3.8) is 0 Å². The van der Waals surface area contributed by atoms with Gasteiger partial charge in [-0.3, -0.25) is 9.59 Å². The lowest BCUT2D eigenvalue weighted by Crippen LogP contribution is -2.36. The molecule has 2 fully saturated rings. The van der Waals surface area contributed by atoms with Crippen LogP contribution in [0.2, 0.25) is 0 Å². The highest BCUT2D eigenvalue weighted by atomic mass is 16.5. The first-order valence-corrected chi connectivity index (χ1v) is 6.78. The minimum absolute atomic E-state index is 0.111. The lowest BCUT2D eigenvalue weighted by Gasteiger charge is -2.32. The topological polar surface area (TPSA) is 43.4 Å². The monoisotopic (exact) mass is 258 g/mol. The van der Waals surface area contributed by atoms with Crippen LogP contribution in [0.25, 0.3) is 0 Å². The second-order valence-corrected chi connectivity index (χ2v) is 5.85. The Labute approximate surface area is 113 Å². The van der Waals surface area contributed by atoms with E-state index in [1.165, 1.54) is 0 Å². The van der Waals surface area contributed by atoms with Crippen molar-refractivity contribution in [1.82, 2.24) is 0 Å². The molecule has 3 nitrogen and oxygen atoms in total. The first kappa shape index (κ1) is 12.4. The van der Waals surface area contributed by atoms with Crippen molar-refractivity contribution in [1.29, 1.82) is 0 Å². The number of rotatable bonds is 2. The molecule has 2 bridgehead atoms. The molecule has 1 aromatic rings. The highest BCUT2D eigenvalue weighted by Crippen LogP contribution is 2.51. The van der Waals surface area contributed by atoms with Crippen molar-refractivity contribution >= 4 is 11.6 Å². The Hall–Kier alpha value is -1.64. The molecule has 3 rings (SSSR count). The maximum Gasteiger partial charge on any atom is 0.150 e. The van der Waals surface area contributed by atoms with E-state index in [2.05, 4.69) is 0 Å². The summed E-state index contributed by atoms with van der Waals surface area (Å²) in [7, 11) is 1.64. The van der Waals surface area contributed by atoms with Crippen LogP contribution in [-0.2, 0) is 9.59 Å². The van der Waals surface area contributed by atoms with Gasteiger partial charge in [0.05, 0.1) is 12.5 Å². The zero-order valence-corrected chi connectivity index (χ0v) is 11.3. The molecule has 0 N–H and O–H groups in total. The van der Waals surface area contributed by atoms with Crippen LogP contribution < -0.4 is 4.74 Å². The number of ether oxygens (including phenoxy) is 1. The number of Topliss-reactive ketones (excluding diaryl/α,β-unsaturated/α-hetero) is 2. The van der Waals surface area contributed by atoms with Gasteiger partial charge in [0.15, 0.2) is 0 Å². The molecular formula is C16H18O3. The highest BCUT2D eigenvalue weighted by molar-refractivity contribution is 6.14. The lowest BCUT2D eigenvalue weighted by atomic mass is 9.69. The van der Waals surface area contributed by atoms with Crippen molar-refractivity contribution in [2.45, 2.75) is 32.1 Å². The quantitative estimate of drug-likeness (QED) is 0.766. The summed E-state index contributed by atoms with van der Waals surface area (Å²) in [6, 6.07) is 7.87. The van der Waals surface area contributed by atoms with Crippen LogP contribution in [0.3, 0.4) is 0 Å². The second-order valence-electron chi connectivity index (χ2n) is 5.85. The fraction of sp³-hybridized carbons (Fsp3) is 0.500. The van der Waals surface area contributed by atoms with Crippen LogP contribution >= 0.6 is 0 Å². The Morgan fingerprint density at radius 3 is 2.47 bits per heavy atom. The van der Waals surface area contributed by atoms with E-state index in [1.807, 2.05) is 31.2 Å². The zero-order valence-electron chi connectivity index (χ0n) is 11.3. The Bertz CT molecular complexity index is 531. The Morgan fingerprint density at radius 2 is 1.84 bits per heavy atom. The molecule has 0 saturated heterocycles. The number of carbonyl (C=O) groups is 2. The van der Waals surface area contributed by atoms with Crippen molar-refractivity contribution < 1.29 is 14.3 Å². The number of benzene rings is 1. The van der Waals surface area contributed by atoms with Gasteiger partial charge in [-0.1, -0.05) is 12.1 Å². The van der Waals surface area contributed by atoms with Gasteiger partial charge in [0, 0.05) is 12.3 Å². The zero-order chi connectivity index (χ0) is 13.6. The SMILES string of the molecule is COc1ccc([C@@H]2CC[C@]3(C)C(=O)C[C@H]2C3=O)cc1. The van der Waals surface area contributed by atoms with Gasteiger partial charge in [-0.05, 0) is 43.4 Å². The minimum atomic E-state index is -0.687. The molecule has 0 aromatic heterocycles. The molecule has 0 amide bonds. The summed E-state index contributed by atoms with van der Waals surface area (Å²) >= 11 is 0. The number of hydrogen-bond acceptors (Lipinski definition) is 3. The first-order chi connectivity index (χ1) is 9.06. The van der Waals surface area contributed by atoms with E-state index in [1.54, 1.807) is 7.11 Å². The van der Waals surface area contributed by atoms with E-state index in [9.17, 15) is 9.59 Å². The van der Waals surface area contributed by atoms with Gasteiger partial charge in [-0.15, -0.1) is 0 Å². The van der Waals surface area contributed by atoms with Crippen LogP contribution in [0.1, 0.15) is 37.7 Å². The van der Waals surface area contributed by atoms with Gasteiger partial charge in [0.25, 0.3) is 0 Å². The van der Waals surface area contributed by atoms with Gasteiger partial charge >= 0.3 is 0 Å². The number of methoxy groups -OCH3 is 1. The number of ketones is 2. The second kappa shape index (κ2) is 4.19. The Morgan fingerprint density at radius 1 is 1.16 bits per heavy atom. The van der Waals surface area contributed by atoms with E-state index in [-0.39, 0.29) is 23.4 Å². The first-order valence-electron chi connectivity index (χ1n) is 6.78. The van der Waals surface area contributed by atoms with Crippen LogP contribution in [0.15, 0.2) is 24.3 Å². The van der Waals surface area contributed by atoms with E-state index < -0.39 is 5.41 Å². The predicted molar refractivity (Wildman–Crippen MR) is 71.2 cm³/mol. The molecule has 0 aliphatic heterocycles. The summed E-state index contributed by atoms with van der Waals surface area (Å²) in [6.07, 6.45) is 2.04. The highest BCUT2D eigenvalue weighted by Gasteiger charge is 2.56. The average Bonchev–Trinajstić information content (AvgIpc) is 2.58. The molecule has 2 aliphatic carbocycles. The molecule has 2 saturated carbocycles. The van der Waals surface area contributed by atoms with Crippen LogP contribution in [0.5, 0.6) is 5.75 Å². The number of hydrogen-bond donors (Lipinski definition) is 0. The summed E-state index contributed by atoms with van der Waals surface area (Å²) in [6.45, 7) is 1.82. The lowest BCUT2D eigenvalue weighted by molar-refractivity contribution is -0.137. The third-order valence-corrected chi connectivity index (χ3v) is 4.89. The molecule has 100 valence electrons. The van der Waals surface area contributed by atoms with E-state index in [0.29, 0.717) is 12.8 Å². The molecule has 2 aliphatic rings. The van der Waals surface area contributed by atoms with Crippen molar-refractivity contribution in [2.24, 2.45) is 11.3 Å². The standard InChI is InChI=1S/C16H18O3/c1-16-8-7-12(13(15(16)18)9-14(16)17)10-3-5-11(19-2)6-4-10/h3-6,12-13H,7-9H2,1-2H3/t12-,13+,16+/m0/s1. The summed E-state index contributed by atoms with van der Waals surface area (Å²) in [5.74, 6) is 1.19. The van der Waals surface area contributed by atoms with Gasteiger partial charge in [0.2, 0.25) is 0 Å². The van der Waals surface area contributed by atoms with E-state index >= 15 is 0 Å².